The minimum absolute atomic E-state index is 0.118. The van der Waals surface area contributed by atoms with Gasteiger partial charge in [0.1, 0.15) is 0 Å². The van der Waals surface area contributed by atoms with Gasteiger partial charge in [0.25, 0.3) is 0 Å². The average molecular weight is 309 g/mol. The lowest BCUT2D eigenvalue weighted by Gasteiger charge is -2.33. The van der Waals surface area contributed by atoms with Gasteiger partial charge < -0.3 is 9.84 Å². The van der Waals surface area contributed by atoms with Gasteiger partial charge in [0.2, 0.25) is 11.8 Å². The minimum atomic E-state index is 0.118. The van der Waals surface area contributed by atoms with Crippen molar-refractivity contribution < 1.29 is 9.32 Å². The topological polar surface area (TPSA) is 74.5 Å². The number of carbonyl (C=O) groups is 1. The van der Waals surface area contributed by atoms with Gasteiger partial charge in [0, 0.05) is 38.6 Å². The van der Waals surface area contributed by atoms with Gasteiger partial charge in [-0.05, 0) is 13.3 Å². The van der Waals surface area contributed by atoms with Crippen molar-refractivity contribution in [2.24, 2.45) is 0 Å². The number of carbonyl (C=O) groups excluding carboxylic acids is 1. The molecule has 2 heterocycles. The molecule has 2 rings (SSSR count). The lowest BCUT2D eigenvalue weighted by atomic mass is 10.2. The van der Waals surface area contributed by atoms with Crippen LogP contribution < -0.4 is 5.32 Å². The van der Waals surface area contributed by atoms with Crippen molar-refractivity contribution in [3.05, 3.63) is 11.7 Å². The molecule has 7 nitrogen and oxygen atoms in total. The number of hydrogen-bond donors (Lipinski definition) is 1. The van der Waals surface area contributed by atoms with E-state index < -0.39 is 0 Å². The molecule has 0 aromatic carbocycles. The van der Waals surface area contributed by atoms with Crippen LogP contribution in [0.1, 0.15) is 38.9 Å². The number of amides is 1. The first kappa shape index (κ1) is 16.9. The number of aromatic nitrogens is 2. The summed E-state index contributed by atoms with van der Waals surface area (Å²) in [5, 5.41) is 6.92. The van der Waals surface area contributed by atoms with Gasteiger partial charge in [-0.1, -0.05) is 19.0 Å². The molecule has 0 aliphatic carbocycles. The van der Waals surface area contributed by atoms with Crippen LogP contribution in [-0.4, -0.2) is 64.6 Å². The molecule has 0 saturated carbocycles. The van der Waals surface area contributed by atoms with Gasteiger partial charge in [0.05, 0.1) is 13.1 Å². The summed E-state index contributed by atoms with van der Waals surface area (Å²) >= 11 is 0. The van der Waals surface area contributed by atoms with Gasteiger partial charge in [0.15, 0.2) is 5.82 Å². The molecule has 1 aromatic heterocycles. The molecule has 124 valence electrons. The highest BCUT2D eigenvalue weighted by atomic mass is 16.5. The Balaban J connectivity index is 1.70. The zero-order chi connectivity index (χ0) is 15.9. The van der Waals surface area contributed by atoms with Crippen LogP contribution in [0.15, 0.2) is 4.52 Å². The fraction of sp³-hybridized carbons (Fsp3) is 0.800. The van der Waals surface area contributed by atoms with Crippen molar-refractivity contribution in [2.45, 2.75) is 46.2 Å². The number of aryl methyl sites for hydroxylation is 1. The van der Waals surface area contributed by atoms with Gasteiger partial charge in [-0.2, -0.15) is 4.98 Å². The second kappa shape index (κ2) is 8.24. The van der Waals surface area contributed by atoms with Gasteiger partial charge in [-0.3, -0.25) is 14.6 Å². The first-order valence-corrected chi connectivity index (χ1v) is 8.16. The monoisotopic (exact) mass is 309 g/mol. The van der Waals surface area contributed by atoms with E-state index in [9.17, 15) is 4.79 Å². The molecule has 7 heteroatoms. The number of rotatable bonds is 7. The summed E-state index contributed by atoms with van der Waals surface area (Å²) < 4.78 is 5.23. The second-order valence-electron chi connectivity index (χ2n) is 5.89. The molecule has 1 atom stereocenters. The van der Waals surface area contributed by atoms with Gasteiger partial charge >= 0.3 is 0 Å². The molecular weight excluding hydrogens is 282 g/mol. The van der Waals surface area contributed by atoms with E-state index in [4.69, 9.17) is 4.52 Å². The van der Waals surface area contributed by atoms with Crippen molar-refractivity contribution >= 4 is 5.91 Å². The summed E-state index contributed by atoms with van der Waals surface area (Å²) in [6.45, 7) is 10.9. The Bertz CT molecular complexity index is 468. The molecule has 22 heavy (non-hydrogen) atoms. The lowest BCUT2D eigenvalue weighted by Crippen LogP contribution is -2.49. The normalized spacial score (nSPS) is 18.3. The van der Waals surface area contributed by atoms with E-state index in [2.05, 4.69) is 32.2 Å². The maximum absolute atomic E-state index is 11.9. The minimum Gasteiger partial charge on any atom is -0.353 e. The molecule has 1 aliphatic rings. The molecule has 0 bridgehead atoms. The molecule has 0 unspecified atom stereocenters. The van der Waals surface area contributed by atoms with E-state index in [1.165, 1.54) is 0 Å². The zero-order valence-electron chi connectivity index (χ0n) is 13.8. The standard InChI is InChI=1S/C15H27N5O2/c1-4-12(3)16-14(21)10-19-6-8-20(9-7-19)11-15-17-13(5-2)18-22-15/h12H,4-11H2,1-3H3,(H,16,21)/t12-/m1/s1. The third-order valence-corrected chi connectivity index (χ3v) is 4.04. The Morgan fingerprint density at radius 3 is 2.55 bits per heavy atom. The SMILES string of the molecule is CCc1noc(CN2CCN(CC(=O)N[C@H](C)CC)CC2)n1. The van der Waals surface area contributed by atoms with Gasteiger partial charge in [-0.25, -0.2) is 0 Å². The van der Waals surface area contributed by atoms with E-state index in [0.717, 1.165) is 44.8 Å². The maximum atomic E-state index is 11.9. The summed E-state index contributed by atoms with van der Waals surface area (Å²) in [5.74, 6) is 1.56. The van der Waals surface area contributed by atoms with Crippen LogP contribution in [0.5, 0.6) is 0 Å². The highest BCUT2D eigenvalue weighted by Gasteiger charge is 2.21. The molecule has 1 amide bonds. The van der Waals surface area contributed by atoms with Crippen LogP contribution in [0.25, 0.3) is 0 Å². The summed E-state index contributed by atoms with van der Waals surface area (Å²) in [6.07, 6.45) is 1.76. The summed E-state index contributed by atoms with van der Waals surface area (Å²) in [7, 11) is 0. The Morgan fingerprint density at radius 1 is 1.27 bits per heavy atom. The molecule has 0 radical (unpaired) electrons. The van der Waals surface area contributed by atoms with Crippen LogP contribution >= 0.6 is 0 Å². The average Bonchev–Trinajstić information content (AvgIpc) is 2.96. The predicted molar refractivity (Wildman–Crippen MR) is 83.3 cm³/mol. The smallest absolute Gasteiger partial charge is 0.240 e. The van der Waals surface area contributed by atoms with E-state index in [-0.39, 0.29) is 11.9 Å². The fourth-order valence-corrected chi connectivity index (χ4v) is 2.42. The number of nitrogens with one attached hydrogen (secondary N) is 1. The largest absolute Gasteiger partial charge is 0.353 e. The fourth-order valence-electron chi connectivity index (χ4n) is 2.42. The van der Waals surface area contributed by atoms with Crippen molar-refractivity contribution in [1.82, 2.24) is 25.3 Å². The summed E-state index contributed by atoms with van der Waals surface area (Å²) in [4.78, 5) is 20.7. The quantitative estimate of drug-likeness (QED) is 0.798. The van der Waals surface area contributed by atoms with Crippen LogP contribution in [-0.2, 0) is 17.8 Å². The summed E-state index contributed by atoms with van der Waals surface area (Å²) in [6, 6.07) is 0.249. The molecule has 1 fully saturated rings. The Labute approximate surface area is 132 Å². The number of nitrogens with zero attached hydrogens (tertiary/aromatic N) is 4. The Hall–Kier alpha value is -1.47. The van der Waals surface area contributed by atoms with E-state index >= 15 is 0 Å². The van der Waals surface area contributed by atoms with Crippen LogP contribution in [0.4, 0.5) is 0 Å². The van der Waals surface area contributed by atoms with Crippen molar-refractivity contribution in [3.8, 4) is 0 Å². The Kier molecular flexibility index (Phi) is 6.33. The summed E-state index contributed by atoms with van der Waals surface area (Å²) in [5.41, 5.74) is 0. The van der Waals surface area contributed by atoms with Crippen molar-refractivity contribution in [3.63, 3.8) is 0 Å². The highest BCUT2D eigenvalue weighted by Crippen LogP contribution is 2.07. The predicted octanol–water partition coefficient (Wildman–Crippen LogP) is 0.664. The van der Waals surface area contributed by atoms with Crippen molar-refractivity contribution in [1.29, 1.82) is 0 Å². The molecule has 1 N–H and O–H groups in total. The van der Waals surface area contributed by atoms with Crippen LogP contribution in [0.2, 0.25) is 0 Å². The maximum Gasteiger partial charge on any atom is 0.240 e. The molecule has 1 aromatic rings. The van der Waals surface area contributed by atoms with Gasteiger partial charge in [-0.15, -0.1) is 0 Å². The third kappa shape index (κ3) is 5.06. The van der Waals surface area contributed by atoms with Crippen molar-refractivity contribution in [2.75, 3.05) is 32.7 Å². The lowest BCUT2D eigenvalue weighted by molar-refractivity contribution is -0.123. The molecule has 1 saturated heterocycles. The van der Waals surface area contributed by atoms with Crippen LogP contribution in [0, 0.1) is 0 Å². The van der Waals surface area contributed by atoms with E-state index in [1.807, 2.05) is 13.8 Å². The number of hydrogen-bond acceptors (Lipinski definition) is 6. The first-order chi connectivity index (χ1) is 10.6. The number of piperazine rings is 1. The molecular formula is C15H27N5O2. The first-order valence-electron chi connectivity index (χ1n) is 8.16. The molecule has 1 aliphatic heterocycles. The van der Waals surface area contributed by atoms with E-state index in [0.29, 0.717) is 19.0 Å². The third-order valence-electron chi connectivity index (χ3n) is 4.04. The van der Waals surface area contributed by atoms with Crippen LogP contribution in [0.3, 0.4) is 0 Å². The molecule has 0 spiro atoms. The zero-order valence-corrected chi connectivity index (χ0v) is 13.8. The highest BCUT2D eigenvalue weighted by molar-refractivity contribution is 5.78. The second-order valence-corrected chi connectivity index (χ2v) is 5.89. The van der Waals surface area contributed by atoms with E-state index in [1.54, 1.807) is 0 Å². The Morgan fingerprint density at radius 2 is 1.95 bits per heavy atom.